The van der Waals surface area contributed by atoms with Gasteiger partial charge in [-0.3, -0.25) is 0 Å². The fourth-order valence-corrected chi connectivity index (χ4v) is 1.63. The van der Waals surface area contributed by atoms with Gasteiger partial charge in [0.05, 0.1) is 5.69 Å². The zero-order chi connectivity index (χ0) is 14.0. The highest BCUT2D eigenvalue weighted by Gasteiger charge is 2.31. The topological polar surface area (TPSA) is 55.1 Å². The van der Waals surface area contributed by atoms with Crippen LogP contribution in [0.4, 0.5) is 13.2 Å². The van der Waals surface area contributed by atoms with Crippen LogP contribution >= 0.6 is 0 Å². The molecule has 0 bridgehead atoms. The monoisotopic (exact) mass is 270 g/mol. The lowest BCUT2D eigenvalue weighted by atomic mass is 10.1. The van der Waals surface area contributed by atoms with E-state index < -0.39 is 24.4 Å². The molecular formula is C12H9F3N2O2. The zero-order valence-corrected chi connectivity index (χ0v) is 9.55. The molecular weight excluding hydrogens is 261 g/mol. The number of hydrogen-bond donors (Lipinski definition) is 1. The molecule has 0 aliphatic carbocycles. The molecule has 1 aromatic carbocycles. The highest BCUT2D eigenvalue weighted by molar-refractivity contribution is 5.87. The first-order valence-electron chi connectivity index (χ1n) is 5.30. The summed E-state index contributed by atoms with van der Waals surface area (Å²) >= 11 is 0. The first-order valence-corrected chi connectivity index (χ1v) is 5.30. The van der Waals surface area contributed by atoms with Gasteiger partial charge in [0.25, 0.3) is 0 Å². The first-order chi connectivity index (χ1) is 8.87. The molecule has 1 aromatic heterocycles. The minimum absolute atomic E-state index is 0.197. The smallest absolute Gasteiger partial charge is 0.408 e. The molecule has 0 spiro atoms. The Morgan fingerprint density at radius 1 is 1.26 bits per heavy atom. The van der Waals surface area contributed by atoms with Gasteiger partial charge in [0.15, 0.2) is 0 Å². The maximum absolute atomic E-state index is 12.3. The third kappa shape index (κ3) is 3.12. The number of carbonyl (C=O) groups is 1. The number of carboxylic acid groups (broad SMARTS) is 1. The molecule has 0 unspecified atom stereocenters. The summed E-state index contributed by atoms with van der Waals surface area (Å²) in [6.45, 7) is -1.43. The Balaban J connectivity index is 2.44. The van der Waals surface area contributed by atoms with Crippen LogP contribution in [0.15, 0.2) is 36.4 Å². The average Bonchev–Trinajstić information content (AvgIpc) is 2.72. The van der Waals surface area contributed by atoms with Gasteiger partial charge in [-0.25, -0.2) is 9.48 Å². The summed E-state index contributed by atoms with van der Waals surface area (Å²) in [7, 11) is 0. The normalized spacial score (nSPS) is 11.5. The number of nitrogens with zero attached hydrogens (tertiary/aromatic N) is 2. The lowest BCUT2D eigenvalue weighted by Gasteiger charge is -2.07. The van der Waals surface area contributed by atoms with Crippen LogP contribution in [0.25, 0.3) is 11.3 Å². The summed E-state index contributed by atoms with van der Waals surface area (Å²) < 4.78 is 37.5. The molecule has 7 heteroatoms. The molecule has 0 fully saturated rings. The van der Waals surface area contributed by atoms with E-state index in [-0.39, 0.29) is 5.69 Å². The zero-order valence-electron chi connectivity index (χ0n) is 9.55. The van der Waals surface area contributed by atoms with E-state index in [1.807, 2.05) is 0 Å². The van der Waals surface area contributed by atoms with Gasteiger partial charge in [-0.15, -0.1) is 0 Å². The lowest BCUT2D eigenvalue weighted by molar-refractivity contribution is -0.142. The molecule has 19 heavy (non-hydrogen) atoms. The van der Waals surface area contributed by atoms with Crippen molar-refractivity contribution in [2.45, 2.75) is 12.7 Å². The fraction of sp³-hybridized carbons (Fsp3) is 0.167. The van der Waals surface area contributed by atoms with Gasteiger partial charge in [0, 0.05) is 5.56 Å². The van der Waals surface area contributed by atoms with E-state index in [4.69, 9.17) is 5.11 Å². The number of aromatic nitrogens is 2. The van der Waals surface area contributed by atoms with Crippen LogP contribution in [0.2, 0.25) is 0 Å². The molecule has 100 valence electrons. The molecule has 0 saturated heterocycles. The van der Waals surface area contributed by atoms with Gasteiger partial charge in [0.1, 0.15) is 12.2 Å². The van der Waals surface area contributed by atoms with Crippen molar-refractivity contribution in [3.63, 3.8) is 0 Å². The van der Waals surface area contributed by atoms with Crippen molar-refractivity contribution in [1.29, 1.82) is 0 Å². The van der Waals surface area contributed by atoms with Crippen LogP contribution in [0, 0.1) is 0 Å². The van der Waals surface area contributed by atoms with Crippen LogP contribution in [-0.2, 0) is 6.54 Å². The van der Waals surface area contributed by atoms with Crippen LogP contribution < -0.4 is 0 Å². The van der Waals surface area contributed by atoms with E-state index in [0.717, 1.165) is 6.07 Å². The van der Waals surface area contributed by atoms with Crippen molar-refractivity contribution in [2.24, 2.45) is 0 Å². The molecule has 2 aromatic rings. The number of carboxylic acids is 1. The second kappa shape index (κ2) is 4.75. The predicted molar refractivity (Wildman–Crippen MR) is 60.7 cm³/mol. The van der Waals surface area contributed by atoms with Gasteiger partial charge in [-0.2, -0.15) is 18.3 Å². The highest BCUT2D eigenvalue weighted by Crippen LogP contribution is 2.23. The van der Waals surface area contributed by atoms with Gasteiger partial charge in [0.2, 0.25) is 0 Å². The number of benzene rings is 1. The Bertz CT molecular complexity index is 591. The van der Waals surface area contributed by atoms with Gasteiger partial charge in [-0.05, 0) is 6.07 Å². The Labute approximate surface area is 106 Å². The number of aromatic carboxylic acids is 1. The third-order valence-electron chi connectivity index (χ3n) is 2.40. The summed E-state index contributed by atoms with van der Waals surface area (Å²) in [4.78, 5) is 10.9. The standard InChI is InChI=1S/C12H9F3N2O2/c13-12(14,15)7-17-10(11(18)19)6-9(16-17)8-4-2-1-3-5-8/h1-6H,7H2,(H,18,19). The molecule has 0 amide bonds. The first kappa shape index (κ1) is 13.1. The molecule has 1 N–H and O–H groups in total. The van der Waals surface area contributed by atoms with Crippen molar-refractivity contribution in [3.05, 3.63) is 42.1 Å². The quantitative estimate of drug-likeness (QED) is 0.933. The van der Waals surface area contributed by atoms with Crippen molar-refractivity contribution in [1.82, 2.24) is 9.78 Å². The fourth-order valence-electron chi connectivity index (χ4n) is 1.63. The second-order valence-electron chi connectivity index (χ2n) is 3.86. The van der Waals surface area contributed by atoms with Crippen LogP contribution in [0.1, 0.15) is 10.5 Å². The maximum atomic E-state index is 12.3. The lowest BCUT2D eigenvalue weighted by Crippen LogP contribution is -2.21. The summed E-state index contributed by atoms with van der Waals surface area (Å²) in [5.74, 6) is -1.45. The Hall–Kier alpha value is -2.31. The molecule has 0 aliphatic heterocycles. The van der Waals surface area contributed by atoms with Gasteiger partial charge >= 0.3 is 12.1 Å². The summed E-state index contributed by atoms with van der Waals surface area (Å²) in [6.07, 6.45) is -4.52. The van der Waals surface area contributed by atoms with E-state index in [1.165, 1.54) is 0 Å². The average molecular weight is 270 g/mol. The second-order valence-corrected chi connectivity index (χ2v) is 3.86. The van der Waals surface area contributed by atoms with Crippen LogP contribution in [-0.4, -0.2) is 27.0 Å². The Kier molecular flexibility index (Phi) is 3.28. The number of alkyl halides is 3. The molecule has 0 saturated carbocycles. The van der Waals surface area contributed by atoms with Gasteiger partial charge in [-0.1, -0.05) is 30.3 Å². The molecule has 0 radical (unpaired) electrons. The van der Waals surface area contributed by atoms with Crippen molar-refractivity contribution in [2.75, 3.05) is 0 Å². The molecule has 0 aliphatic rings. The SMILES string of the molecule is O=C(O)c1cc(-c2ccccc2)nn1CC(F)(F)F. The molecule has 2 rings (SSSR count). The maximum Gasteiger partial charge on any atom is 0.408 e. The minimum atomic E-state index is -4.52. The Morgan fingerprint density at radius 2 is 1.89 bits per heavy atom. The van der Waals surface area contributed by atoms with E-state index in [1.54, 1.807) is 30.3 Å². The largest absolute Gasteiger partial charge is 0.477 e. The number of rotatable bonds is 3. The van der Waals surface area contributed by atoms with E-state index in [9.17, 15) is 18.0 Å². The molecule has 1 heterocycles. The molecule has 0 atom stereocenters. The van der Waals surface area contributed by atoms with Crippen LogP contribution in [0.5, 0.6) is 0 Å². The van der Waals surface area contributed by atoms with E-state index in [0.29, 0.717) is 10.2 Å². The van der Waals surface area contributed by atoms with Crippen molar-refractivity contribution >= 4 is 5.97 Å². The van der Waals surface area contributed by atoms with Crippen molar-refractivity contribution < 1.29 is 23.1 Å². The number of halogens is 3. The Morgan fingerprint density at radius 3 is 2.42 bits per heavy atom. The van der Waals surface area contributed by atoms with Crippen molar-refractivity contribution in [3.8, 4) is 11.3 Å². The third-order valence-corrected chi connectivity index (χ3v) is 2.40. The van der Waals surface area contributed by atoms with Crippen LogP contribution in [0.3, 0.4) is 0 Å². The number of hydrogen-bond acceptors (Lipinski definition) is 2. The van der Waals surface area contributed by atoms with E-state index in [2.05, 4.69) is 5.10 Å². The summed E-state index contributed by atoms with van der Waals surface area (Å²) in [6, 6.07) is 9.55. The van der Waals surface area contributed by atoms with Gasteiger partial charge < -0.3 is 5.11 Å². The molecule has 4 nitrogen and oxygen atoms in total. The minimum Gasteiger partial charge on any atom is -0.477 e. The van der Waals surface area contributed by atoms with E-state index >= 15 is 0 Å². The summed E-state index contributed by atoms with van der Waals surface area (Å²) in [5, 5.41) is 12.6. The predicted octanol–water partition coefficient (Wildman–Crippen LogP) is 2.81. The highest BCUT2D eigenvalue weighted by atomic mass is 19.4. The summed E-state index contributed by atoms with van der Waals surface area (Å²) in [5.41, 5.74) is 0.268.